The van der Waals surface area contributed by atoms with Gasteiger partial charge in [0.2, 0.25) is 0 Å². The molecule has 0 bridgehead atoms. The summed E-state index contributed by atoms with van der Waals surface area (Å²) in [6.45, 7) is 3.47. The molecule has 3 aromatic rings. The van der Waals surface area contributed by atoms with Crippen LogP contribution in [0, 0.1) is 0 Å². The maximum absolute atomic E-state index is 13.1. The van der Waals surface area contributed by atoms with Crippen molar-refractivity contribution in [1.82, 2.24) is 24.6 Å². The topological polar surface area (TPSA) is 148 Å². The van der Waals surface area contributed by atoms with Crippen molar-refractivity contribution >= 4 is 11.9 Å². The van der Waals surface area contributed by atoms with E-state index in [0.29, 0.717) is 12.2 Å². The Morgan fingerprint density at radius 1 is 0.953 bits per heavy atom. The standard InChI is InChI=1S/C22H23N5O2.2C2HF3O2/c1-29-18-6-4-17(5-7-18)19-20(28)27-12-9-22(21(27)25-24-19)8-11-26(15-22)14-16-3-2-10-23-13-16;2*3-2(4,5)1(6)7/h2-7,10,13H,8-9,11-12,14-15H2,1H3;2*(H,6,7). The number of carboxylic acids is 2. The summed E-state index contributed by atoms with van der Waals surface area (Å²) in [4.78, 5) is 37.6. The molecule has 1 saturated heterocycles. The van der Waals surface area contributed by atoms with Crippen LogP contribution in [-0.2, 0) is 28.1 Å². The van der Waals surface area contributed by atoms with E-state index in [9.17, 15) is 31.1 Å². The average Bonchev–Trinajstić information content (AvgIpc) is 3.53. The van der Waals surface area contributed by atoms with E-state index in [-0.39, 0.29) is 11.0 Å². The minimum atomic E-state index is -5.08. The number of nitrogens with zero attached hydrogens (tertiary/aromatic N) is 5. The molecule has 4 heterocycles. The van der Waals surface area contributed by atoms with E-state index in [0.717, 1.165) is 49.6 Å². The molecule has 0 amide bonds. The first-order valence-corrected chi connectivity index (χ1v) is 12.4. The number of methoxy groups -OCH3 is 1. The monoisotopic (exact) mass is 617 g/mol. The van der Waals surface area contributed by atoms with Crippen LogP contribution in [0.15, 0.2) is 53.6 Å². The fourth-order valence-electron chi connectivity index (χ4n) is 4.62. The maximum atomic E-state index is 13.1. The van der Waals surface area contributed by atoms with Gasteiger partial charge in [0.05, 0.1) is 7.11 Å². The number of pyridine rings is 1. The predicted molar refractivity (Wildman–Crippen MR) is 136 cm³/mol. The van der Waals surface area contributed by atoms with Gasteiger partial charge in [0.1, 0.15) is 11.6 Å². The van der Waals surface area contributed by atoms with Crippen LogP contribution >= 0.6 is 0 Å². The van der Waals surface area contributed by atoms with E-state index in [1.54, 1.807) is 13.3 Å². The summed E-state index contributed by atoms with van der Waals surface area (Å²) in [7, 11) is 1.62. The molecule has 17 heteroatoms. The van der Waals surface area contributed by atoms with Gasteiger partial charge in [-0.15, -0.1) is 10.2 Å². The third-order valence-electron chi connectivity index (χ3n) is 6.65. The van der Waals surface area contributed by atoms with Crippen molar-refractivity contribution in [2.75, 3.05) is 20.2 Å². The Balaban J connectivity index is 0.000000303. The summed E-state index contributed by atoms with van der Waals surface area (Å²) in [5, 5.41) is 23.2. The number of benzene rings is 1. The van der Waals surface area contributed by atoms with Crippen LogP contribution in [0.3, 0.4) is 0 Å². The van der Waals surface area contributed by atoms with Gasteiger partial charge in [-0.05, 0) is 55.3 Å². The van der Waals surface area contributed by atoms with Crippen molar-refractivity contribution in [2.45, 2.75) is 43.7 Å². The van der Waals surface area contributed by atoms with Crippen LogP contribution in [0.1, 0.15) is 24.2 Å². The second-order valence-corrected chi connectivity index (χ2v) is 9.52. The number of halogens is 6. The van der Waals surface area contributed by atoms with E-state index in [2.05, 4.69) is 26.1 Å². The molecule has 2 aliphatic heterocycles. The molecule has 232 valence electrons. The lowest BCUT2D eigenvalue weighted by Gasteiger charge is -2.23. The lowest BCUT2D eigenvalue weighted by Crippen LogP contribution is -2.33. The highest BCUT2D eigenvalue weighted by atomic mass is 19.4. The highest BCUT2D eigenvalue weighted by molar-refractivity contribution is 5.73. The predicted octanol–water partition coefficient (Wildman–Crippen LogP) is 3.52. The quantitative estimate of drug-likeness (QED) is 0.417. The van der Waals surface area contributed by atoms with Crippen molar-refractivity contribution < 1.29 is 50.9 Å². The van der Waals surface area contributed by atoms with E-state index in [4.69, 9.17) is 24.5 Å². The summed E-state index contributed by atoms with van der Waals surface area (Å²) < 4.78 is 70.5. The van der Waals surface area contributed by atoms with Gasteiger partial charge < -0.3 is 14.9 Å². The SMILES string of the molecule is COc1ccc(-c2nnc3n(c2=O)CCC32CCN(Cc3cccnc3)C2)cc1.O=C(O)C(F)(F)F.O=C(O)C(F)(F)F. The number of aromatic nitrogens is 4. The van der Waals surface area contributed by atoms with Crippen molar-refractivity contribution in [3.63, 3.8) is 0 Å². The Morgan fingerprint density at radius 3 is 2.05 bits per heavy atom. The highest BCUT2D eigenvalue weighted by Gasteiger charge is 2.47. The van der Waals surface area contributed by atoms with E-state index < -0.39 is 24.3 Å². The van der Waals surface area contributed by atoms with Crippen LogP contribution < -0.4 is 10.3 Å². The Bertz CT molecular complexity index is 1460. The lowest BCUT2D eigenvalue weighted by atomic mass is 9.85. The fourth-order valence-corrected chi connectivity index (χ4v) is 4.62. The lowest BCUT2D eigenvalue weighted by molar-refractivity contribution is -0.193. The van der Waals surface area contributed by atoms with Gasteiger partial charge >= 0.3 is 24.3 Å². The first kappa shape index (κ1) is 33.0. The molecule has 2 aliphatic rings. The van der Waals surface area contributed by atoms with Crippen LogP contribution in [-0.4, -0.2) is 79.4 Å². The zero-order valence-electron chi connectivity index (χ0n) is 22.4. The summed E-state index contributed by atoms with van der Waals surface area (Å²) in [6.07, 6.45) is -4.51. The zero-order valence-corrected chi connectivity index (χ0v) is 22.4. The van der Waals surface area contributed by atoms with Crippen LogP contribution in [0.5, 0.6) is 5.75 Å². The van der Waals surface area contributed by atoms with Crippen molar-refractivity contribution in [3.05, 3.63) is 70.5 Å². The van der Waals surface area contributed by atoms with Gasteiger partial charge in [-0.1, -0.05) is 6.07 Å². The number of carbonyl (C=O) groups is 2. The van der Waals surface area contributed by atoms with Gasteiger partial charge in [0.25, 0.3) is 5.56 Å². The van der Waals surface area contributed by atoms with Crippen molar-refractivity contribution in [3.8, 4) is 17.0 Å². The van der Waals surface area contributed by atoms with Gasteiger partial charge in [-0.25, -0.2) is 9.59 Å². The molecule has 0 saturated carbocycles. The number of ether oxygens (including phenoxy) is 1. The van der Waals surface area contributed by atoms with E-state index >= 15 is 0 Å². The number of rotatable bonds is 4. The van der Waals surface area contributed by atoms with Crippen LogP contribution in [0.25, 0.3) is 11.3 Å². The first-order chi connectivity index (χ1) is 20.1. The third-order valence-corrected chi connectivity index (χ3v) is 6.65. The van der Waals surface area contributed by atoms with Crippen molar-refractivity contribution in [2.24, 2.45) is 0 Å². The number of fused-ring (bicyclic) bond motifs is 2. The molecule has 0 radical (unpaired) electrons. The number of carboxylic acid groups (broad SMARTS) is 2. The number of hydrogen-bond acceptors (Lipinski definition) is 8. The zero-order chi connectivity index (χ0) is 32.0. The molecule has 1 aromatic carbocycles. The Labute approximate surface area is 239 Å². The summed E-state index contributed by atoms with van der Waals surface area (Å²) in [5.74, 6) is -3.92. The number of alkyl halides is 6. The van der Waals surface area contributed by atoms with E-state index in [1.165, 1.54) is 5.56 Å². The maximum Gasteiger partial charge on any atom is 0.490 e. The third kappa shape index (κ3) is 8.27. The molecule has 0 aliphatic carbocycles. The summed E-state index contributed by atoms with van der Waals surface area (Å²) in [6, 6.07) is 11.5. The molecule has 1 atom stereocenters. The molecule has 2 aromatic heterocycles. The minimum Gasteiger partial charge on any atom is -0.497 e. The number of likely N-dealkylation sites (tertiary alicyclic amines) is 1. The molecule has 11 nitrogen and oxygen atoms in total. The molecule has 5 rings (SSSR count). The highest BCUT2D eigenvalue weighted by Crippen LogP contribution is 2.41. The molecule has 43 heavy (non-hydrogen) atoms. The largest absolute Gasteiger partial charge is 0.497 e. The Hall–Kier alpha value is -4.54. The summed E-state index contributed by atoms with van der Waals surface area (Å²) in [5.41, 5.74) is 2.25. The van der Waals surface area contributed by atoms with Gasteiger partial charge in [-0.3, -0.25) is 19.2 Å². The second-order valence-electron chi connectivity index (χ2n) is 9.52. The van der Waals surface area contributed by atoms with Crippen LogP contribution in [0.4, 0.5) is 26.3 Å². The smallest absolute Gasteiger partial charge is 0.490 e. The molecular formula is C26H25F6N5O6. The Morgan fingerprint density at radius 2 is 1.53 bits per heavy atom. The Kier molecular flexibility index (Phi) is 10.1. The average molecular weight is 618 g/mol. The van der Waals surface area contributed by atoms with Gasteiger partial charge in [0, 0.05) is 43.0 Å². The normalized spacial score (nSPS) is 17.7. The second kappa shape index (κ2) is 13.2. The minimum absolute atomic E-state index is 0.0530. The molecular weight excluding hydrogens is 592 g/mol. The van der Waals surface area contributed by atoms with Crippen molar-refractivity contribution in [1.29, 1.82) is 0 Å². The van der Waals surface area contributed by atoms with Crippen LogP contribution in [0.2, 0.25) is 0 Å². The summed E-state index contributed by atoms with van der Waals surface area (Å²) >= 11 is 0. The molecule has 2 N–H and O–H groups in total. The first-order valence-electron chi connectivity index (χ1n) is 12.4. The van der Waals surface area contributed by atoms with Gasteiger partial charge in [0.15, 0.2) is 5.69 Å². The van der Waals surface area contributed by atoms with E-state index in [1.807, 2.05) is 41.1 Å². The number of aliphatic carboxylic acids is 2. The molecule has 1 fully saturated rings. The molecule has 1 spiro atoms. The fraction of sp³-hybridized carbons (Fsp3) is 0.385. The number of hydrogen-bond donors (Lipinski definition) is 2. The molecule has 1 unspecified atom stereocenters. The van der Waals surface area contributed by atoms with Gasteiger partial charge in [-0.2, -0.15) is 26.3 Å².